The Bertz CT molecular complexity index is 1100. The van der Waals surface area contributed by atoms with Crippen molar-refractivity contribution >= 4 is 50.3 Å². The van der Waals surface area contributed by atoms with E-state index in [2.05, 4.69) is 4.98 Å². The van der Waals surface area contributed by atoms with E-state index < -0.39 is 0 Å². The summed E-state index contributed by atoms with van der Waals surface area (Å²) < 4.78 is 17.1. The summed E-state index contributed by atoms with van der Waals surface area (Å²) >= 11 is 7.55. The molecule has 7 nitrogen and oxygen atoms in total. The summed E-state index contributed by atoms with van der Waals surface area (Å²) in [5.74, 6) is 1.36. The second kappa shape index (κ2) is 10.7. The fourth-order valence-electron chi connectivity index (χ4n) is 3.06. The Balaban J connectivity index is 1.91. The number of hydrogen-bond donors (Lipinski definition) is 0. The number of fused-ring (bicyclic) bond motifs is 1. The summed E-state index contributed by atoms with van der Waals surface area (Å²) in [5.41, 5.74) is 1.56. The number of aromatic nitrogens is 1. The van der Waals surface area contributed by atoms with Crippen molar-refractivity contribution in [2.24, 2.45) is 0 Å². The normalized spacial score (nSPS) is 11.3. The fourth-order valence-corrected chi connectivity index (χ4v) is 4.33. The highest BCUT2D eigenvalue weighted by Crippen LogP contribution is 2.38. The zero-order valence-electron chi connectivity index (χ0n) is 18.7. The molecule has 0 aliphatic rings. The Kier molecular flexibility index (Phi) is 7.95. The van der Waals surface area contributed by atoms with Crippen LogP contribution in [0.5, 0.6) is 17.2 Å². The minimum Gasteiger partial charge on any atom is -0.493 e. The van der Waals surface area contributed by atoms with Crippen LogP contribution in [-0.4, -0.2) is 64.3 Å². The van der Waals surface area contributed by atoms with Gasteiger partial charge in [-0.1, -0.05) is 22.9 Å². The summed E-state index contributed by atoms with van der Waals surface area (Å²) in [4.78, 5) is 21.5. The number of ether oxygens (including phenoxy) is 3. The number of halogens is 1. The molecule has 0 aliphatic heterocycles. The van der Waals surface area contributed by atoms with E-state index in [-0.39, 0.29) is 5.91 Å². The first-order chi connectivity index (χ1) is 15.4. The number of likely N-dealkylation sites (N-methyl/N-ethyl adjacent to an activating group) is 1. The van der Waals surface area contributed by atoms with Crippen LogP contribution in [0.15, 0.2) is 36.4 Å². The standard InChI is InChI=1S/C23H26ClN3O4S/c1-26(2)10-11-27(23-25-17-8-7-16(24)14-20(17)32-23)21(28)9-6-15-12-18(29-3)22(31-5)19(13-15)30-4/h6-9,12-14H,10-11H2,1-5H3/b9-6+. The van der Waals surface area contributed by atoms with E-state index in [1.54, 1.807) is 50.5 Å². The maximum atomic E-state index is 13.2. The summed E-state index contributed by atoms with van der Waals surface area (Å²) in [6, 6.07) is 9.09. The second-order valence-corrected chi connectivity index (χ2v) is 8.64. The molecule has 1 aromatic heterocycles. The minimum absolute atomic E-state index is 0.175. The molecule has 3 rings (SSSR count). The van der Waals surface area contributed by atoms with Gasteiger partial charge in [0, 0.05) is 24.2 Å². The largest absolute Gasteiger partial charge is 0.493 e. The van der Waals surface area contributed by atoms with Crippen LogP contribution in [0.4, 0.5) is 5.13 Å². The summed E-state index contributed by atoms with van der Waals surface area (Å²) in [7, 11) is 8.59. The van der Waals surface area contributed by atoms with Gasteiger partial charge in [-0.25, -0.2) is 4.98 Å². The van der Waals surface area contributed by atoms with E-state index in [0.717, 1.165) is 15.8 Å². The summed E-state index contributed by atoms with van der Waals surface area (Å²) in [6.45, 7) is 1.19. The van der Waals surface area contributed by atoms with Crippen LogP contribution in [0.25, 0.3) is 16.3 Å². The van der Waals surface area contributed by atoms with Gasteiger partial charge in [0.05, 0.1) is 31.5 Å². The molecule has 0 atom stereocenters. The van der Waals surface area contributed by atoms with Crippen LogP contribution in [0.2, 0.25) is 5.02 Å². The molecule has 0 bridgehead atoms. The number of carbonyl (C=O) groups excluding carboxylic acids is 1. The number of methoxy groups -OCH3 is 3. The average molecular weight is 476 g/mol. The van der Waals surface area contributed by atoms with Crippen LogP contribution < -0.4 is 19.1 Å². The minimum atomic E-state index is -0.175. The van der Waals surface area contributed by atoms with Crippen molar-refractivity contribution in [1.82, 2.24) is 9.88 Å². The van der Waals surface area contributed by atoms with Gasteiger partial charge in [-0.2, -0.15) is 0 Å². The lowest BCUT2D eigenvalue weighted by Gasteiger charge is -2.20. The maximum Gasteiger partial charge on any atom is 0.252 e. The molecule has 0 N–H and O–H groups in total. The van der Waals surface area contributed by atoms with Gasteiger partial charge in [-0.05, 0) is 56.1 Å². The van der Waals surface area contributed by atoms with E-state index in [0.29, 0.717) is 40.5 Å². The third-order valence-electron chi connectivity index (χ3n) is 4.71. The first-order valence-electron chi connectivity index (χ1n) is 9.86. The fraction of sp³-hybridized carbons (Fsp3) is 0.304. The zero-order valence-corrected chi connectivity index (χ0v) is 20.3. The van der Waals surface area contributed by atoms with Gasteiger partial charge in [-0.15, -0.1) is 0 Å². The van der Waals surface area contributed by atoms with E-state index in [1.807, 2.05) is 31.1 Å². The molecule has 32 heavy (non-hydrogen) atoms. The number of anilines is 1. The second-order valence-electron chi connectivity index (χ2n) is 7.19. The van der Waals surface area contributed by atoms with Gasteiger partial charge in [0.2, 0.25) is 5.75 Å². The number of rotatable bonds is 9. The third kappa shape index (κ3) is 5.51. The highest BCUT2D eigenvalue weighted by atomic mass is 35.5. The predicted octanol–water partition coefficient (Wildman–Crippen LogP) is 4.58. The van der Waals surface area contributed by atoms with Gasteiger partial charge in [0.15, 0.2) is 16.6 Å². The van der Waals surface area contributed by atoms with Crippen molar-refractivity contribution in [2.75, 3.05) is 53.4 Å². The molecule has 1 heterocycles. The molecule has 0 radical (unpaired) electrons. The molecule has 0 unspecified atom stereocenters. The Hall–Kier alpha value is -2.81. The Morgan fingerprint density at radius 2 is 1.75 bits per heavy atom. The monoisotopic (exact) mass is 475 g/mol. The first-order valence-corrected chi connectivity index (χ1v) is 11.1. The van der Waals surface area contributed by atoms with Crippen molar-refractivity contribution in [3.8, 4) is 17.2 Å². The lowest BCUT2D eigenvalue weighted by Crippen LogP contribution is -2.35. The number of thiazole rings is 1. The van der Waals surface area contributed by atoms with Crippen LogP contribution in [0.1, 0.15) is 5.56 Å². The molecular formula is C23H26ClN3O4S. The van der Waals surface area contributed by atoms with E-state index in [1.165, 1.54) is 17.4 Å². The molecule has 9 heteroatoms. The van der Waals surface area contributed by atoms with Crippen LogP contribution in [0, 0.1) is 0 Å². The summed E-state index contributed by atoms with van der Waals surface area (Å²) in [6.07, 6.45) is 3.25. The lowest BCUT2D eigenvalue weighted by molar-refractivity contribution is -0.114. The van der Waals surface area contributed by atoms with Gasteiger partial charge < -0.3 is 19.1 Å². The van der Waals surface area contributed by atoms with Gasteiger partial charge >= 0.3 is 0 Å². The van der Waals surface area contributed by atoms with Crippen LogP contribution in [0.3, 0.4) is 0 Å². The molecule has 170 valence electrons. The van der Waals surface area contributed by atoms with Crippen molar-refractivity contribution in [1.29, 1.82) is 0 Å². The van der Waals surface area contributed by atoms with Gasteiger partial charge in [0.25, 0.3) is 5.91 Å². The summed E-state index contributed by atoms with van der Waals surface area (Å²) in [5, 5.41) is 1.27. The third-order valence-corrected chi connectivity index (χ3v) is 5.99. The van der Waals surface area contributed by atoms with Crippen molar-refractivity contribution in [2.45, 2.75) is 0 Å². The lowest BCUT2D eigenvalue weighted by atomic mass is 10.1. The van der Waals surface area contributed by atoms with Crippen molar-refractivity contribution in [3.05, 3.63) is 47.0 Å². The number of amides is 1. The SMILES string of the molecule is COc1cc(/C=C/C(=O)N(CCN(C)C)c2nc3ccc(Cl)cc3s2)cc(OC)c1OC. The van der Waals surface area contributed by atoms with Gasteiger partial charge in [0.1, 0.15) is 0 Å². The number of hydrogen-bond acceptors (Lipinski definition) is 7. The predicted molar refractivity (Wildman–Crippen MR) is 131 cm³/mol. The zero-order chi connectivity index (χ0) is 23.3. The smallest absolute Gasteiger partial charge is 0.252 e. The molecule has 0 aliphatic carbocycles. The van der Waals surface area contributed by atoms with E-state index in [9.17, 15) is 4.79 Å². The quantitative estimate of drug-likeness (QED) is 0.422. The van der Waals surface area contributed by atoms with Crippen LogP contribution >= 0.6 is 22.9 Å². The Morgan fingerprint density at radius 3 is 2.34 bits per heavy atom. The van der Waals surface area contributed by atoms with Crippen LogP contribution in [-0.2, 0) is 4.79 Å². The van der Waals surface area contributed by atoms with E-state index >= 15 is 0 Å². The molecule has 1 amide bonds. The molecule has 0 saturated carbocycles. The van der Waals surface area contributed by atoms with Crippen molar-refractivity contribution < 1.29 is 19.0 Å². The average Bonchev–Trinajstić information content (AvgIpc) is 3.19. The number of benzene rings is 2. The Labute approximate surface area is 196 Å². The first kappa shape index (κ1) is 23.8. The van der Waals surface area contributed by atoms with E-state index in [4.69, 9.17) is 25.8 Å². The number of nitrogens with zero attached hydrogens (tertiary/aromatic N) is 3. The molecule has 0 saturated heterocycles. The van der Waals surface area contributed by atoms with Crippen molar-refractivity contribution in [3.63, 3.8) is 0 Å². The molecular weight excluding hydrogens is 450 g/mol. The van der Waals surface area contributed by atoms with Gasteiger partial charge in [-0.3, -0.25) is 9.69 Å². The molecule has 0 spiro atoms. The molecule has 3 aromatic rings. The topological polar surface area (TPSA) is 64.1 Å². The Morgan fingerprint density at radius 1 is 1.06 bits per heavy atom. The maximum absolute atomic E-state index is 13.2. The number of carbonyl (C=O) groups is 1. The highest BCUT2D eigenvalue weighted by molar-refractivity contribution is 7.22. The molecule has 0 fully saturated rings. The highest BCUT2D eigenvalue weighted by Gasteiger charge is 2.19. The molecule has 2 aromatic carbocycles.